The second-order valence-electron chi connectivity index (χ2n) is 8.03. The lowest BCUT2D eigenvalue weighted by molar-refractivity contribution is 0.0906. The van der Waals surface area contributed by atoms with Crippen LogP contribution in [0.5, 0.6) is 0 Å². The van der Waals surface area contributed by atoms with Gasteiger partial charge in [-0.2, -0.15) is 0 Å². The minimum absolute atomic E-state index is 0.0422. The average molecular weight is 405 g/mol. The highest BCUT2D eigenvalue weighted by Crippen LogP contribution is 2.29. The number of hydrogen-bond donors (Lipinski definition) is 0. The number of para-hydroxylation sites is 1. The zero-order valence-corrected chi connectivity index (χ0v) is 17.2. The van der Waals surface area contributed by atoms with Gasteiger partial charge in [0.1, 0.15) is 0 Å². The fourth-order valence-corrected chi connectivity index (χ4v) is 4.55. The predicted molar refractivity (Wildman–Crippen MR) is 115 cm³/mol. The van der Waals surface area contributed by atoms with Crippen molar-refractivity contribution in [3.63, 3.8) is 0 Å². The van der Waals surface area contributed by atoms with Gasteiger partial charge in [-0.15, -0.1) is 5.10 Å². The van der Waals surface area contributed by atoms with Crippen LogP contribution in [0, 0.1) is 0 Å². The van der Waals surface area contributed by atoms with E-state index in [4.69, 9.17) is 4.74 Å². The minimum atomic E-state index is 0.0422. The van der Waals surface area contributed by atoms with E-state index in [1.807, 2.05) is 4.68 Å². The van der Waals surface area contributed by atoms with Crippen molar-refractivity contribution in [2.45, 2.75) is 31.5 Å². The van der Waals surface area contributed by atoms with E-state index in [0.29, 0.717) is 0 Å². The van der Waals surface area contributed by atoms with Crippen LogP contribution in [0.4, 0.5) is 5.69 Å². The molecule has 5 rings (SSSR count). The quantitative estimate of drug-likeness (QED) is 0.630. The summed E-state index contributed by atoms with van der Waals surface area (Å²) in [7, 11) is 0. The molecular weight excluding hydrogens is 376 g/mol. The molecule has 0 bridgehead atoms. The Hall–Kier alpha value is -2.77. The number of benzene rings is 2. The lowest BCUT2D eigenvalue weighted by Crippen LogP contribution is -2.48. The highest BCUT2D eigenvalue weighted by molar-refractivity contribution is 5.46. The highest BCUT2D eigenvalue weighted by Gasteiger charge is 2.31. The number of anilines is 1. The van der Waals surface area contributed by atoms with E-state index in [2.05, 4.69) is 86.0 Å². The smallest absolute Gasteiger partial charge is 0.173 e. The van der Waals surface area contributed by atoms with Crippen LogP contribution in [-0.2, 0) is 11.3 Å². The minimum Gasteiger partial charge on any atom is -0.376 e. The van der Waals surface area contributed by atoms with Crippen molar-refractivity contribution < 1.29 is 4.74 Å². The second-order valence-corrected chi connectivity index (χ2v) is 8.03. The van der Waals surface area contributed by atoms with Gasteiger partial charge in [-0.1, -0.05) is 48.5 Å². The summed E-state index contributed by atoms with van der Waals surface area (Å²) in [6.45, 7) is 5.45. The molecule has 0 unspecified atom stereocenters. The van der Waals surface area contributed by atoms with Gasteiger partial charge in [0.25, 0.3) is 0 Å². The second kappa shape index (κ2) is 8.93. The summed E-state index contributed by atoms with van der Waals surface area (Å²) < 4.78 is 7.79. The number of hydrogen-bond acceptors (Lipinski definition) is 6. The molecule has 2 aromatic carbocycles. The SMILES string of the molecule is c1ccc([C@H](c2nnnn2C[C@H]2CCCO2)N2CCN(c3ccccc3)CC2)cc1. The molecule has 2 fully saturated rings. The first kappa shape index (κ1) is 19.2. The van der Waals surface area contributed by atoms with E-state index in [-0.39, 0.29) is 12.1 Å². The van der Waals surface area contributed by atoms with Crippen molar-refractivity contribution in [3.8, 4) is 0 Å². The molecule has 3 aromatic rings. The lowest BCUT2D eigenvalue weighted by atomic mass is 10.0. The number of aromatic nitrogens is 4. The Labute approximate surface area is 177 Å². The molecule has 3 heterocycles. The van der Waals surface area contributed by atoms with Gasteiger partial charge >= 0.3 is 0 Å². The Balaban J connectivity index is 1.38. The molecule has 30 heavy (non-hydrogen) atoms. The summed E-state index contributed by atoms with van der Waals surface area (Å²) in [4.78, 5) is 4.96. The molecule has 2 aliphatic rings. The van der Waals surface area contributed by atoms with E-state index in [9.17, 15) is 0 Å². The van der Waals surface area contributed by atoms with Gasteiger partial charge in [-0.3, -0.25) is 4.90 Å². The van der Waals surface area contributed by atoms with Crippen molar-refractivity contribution in [2.24, 2.45) is 0 Å². The molecule has 0 amide bonds. The molecule has 7 heteroatoms. The summed E-state index contributed by atoms with van der Waals surface area (Å²) in [6, 6.07) is 21.3. The molecule has 0 radical (unpaired) electrons. The average Bonchev–Trinajstić information content (AvgIpc) is 3.49. The van der Waals surface area contributed by atoms with Gasteiger partial charge in [0.05, 0.1) is 18.7 Å². The molecule has 1 aromatic heterocycles. The molecule has 7 nitrogen and oxygen atoms in total. The Morgan fingerprint density at radius 1 is 0.933 bits per heavy atom. The third kappa shape index (κ3) is 4.08. The maximum absolute atomic E-state index is 5.84. The van der Waals surface area contributed by atoms with Gasteiger partial charge in [0, 0.05) is 38.5 Å². The van der Waals surface area contributed by atoms with Gasteiger partial charge < -0.3 is 9.64 Å². The van der Waals surface area contributed by atoms with Crippen LogP contribution in [0.25, 0.3) is 0 Å². The van der Waals surface area contributed by atoms with Crippen LogP contribution in [0.2, 0.25) is 0 Å². The van der Waals surface area contributed by atoms with E-state index in [1.54, 1.807) is 0 Å². The maximum Gasteiger partial charge on any atom is 0.173 e. The number of rotatable bonds is 6. The van der Waals surface area contributed by atoms with Gasteiger partial charge in [0.2, 0.25) is 0 Å². The number of ether oxygens (including phenoxy) is 1. The lowest BCUT2D eigenvalue weighted by Gasteiger charge is -2.40. The van der Waals surface area contributed by atoms with Crippen molar-refractivity contribution >= 4 is 5.69 Å². The summed E-state index contributed by atoms with van der Waals surface area (Å²) in [6.07, 6.45) is 2.40. The summed E-state index contributed by atoms with van der Waals surface area (Å²) in [5.74, 6) is 0.907. The van der Waals surface area contributed by atoms with Crippen LogP contribution in [0.3, 0.4) is 0 Å². The molecule has 2 saturated heterocycles. The molecule has 0 spiro atoms. The van der Waals surface area contributed by atoms with Crippen LogP contribution >= 0.6 is 0 Å². The third-order valence-electron chi connectivity index (χ3n) is 6.12. The van der Waals surface area contributed by atoms with Gasteiger partial charge in [-0.25, -0.2) is 4.68 Å². The molecule has 0 aliphatic carbocycles. The van der Waals surface area contributed by atoms with Crippen molar-refractivity contribution in [2.75, 3.05) is 37.7 Å². The Morgan fingerprint density at radius 3 is 2.37 bits per heavy atom. The van der Waals surface area contributed by atoms with E-state index in [1.165, 1.54) is 11.3 Å². The van der Waals surface area contributed by atoms with Gasteiger partial charge in [-0.05, 0) is 41.0 Å². The number of tetrazole rings is 1. The summed E-state index contributed by atoms with van der Waals surface area (Å²) >= 11 is 0. The molecule has 2 atom stereocenters. The number of nitrogens with zero attached hydrogens (tertiary/aromatic N) is 6. The topological polar surface area (TPSA) is 59.3 Å². The Kier molecular flexibility index (Phi) is 5.72. The third-order valence-corrected chi connectivity index (χ3v) is 6.12. The zero-order valence-electron chi connectivity index (χ0n) is 17.2. The molecule has 0 N–H and O–H groups in total. The summed E-state index contributed by atoms with van der Waals surface area (Å²) in [5, 5.41) is 12.8. The molecular formula is C23H28N6O. The summed E-state index contributed by atoms with van der Waals surface area (Å²) in [5.41, 5.74) is 2.52. The predicted octanol–water partition coefficient (Wildman–Crippen LogP) is 2.76. The zero-order chi connectivity index (χ0) is 20.2. The standard InChI is InChI=1S/C23H28N6O/c1-3-8-19(9-4-1)22(23-24-25-26-29(23)18-21-12-7-17-30-21)28-15-13-27(14-16-28)20-10-5-2-6-11-20/h1-6,8-11,21-22H,7,12-18H2/t21-,22-/m1/s1. The van der Waals surface area contributed by atoms with Gasteiger partial charge in [0.15, 0.2) is 5.82 Å². The van der Waals surface area contributed by atoms with Crippen molar-refractivity contribution in [3.05, 3.63) is 72.1 Å². The van der Waals surface area contributed by atoms with E-state index in [0.717, 1.165) is 58.0 Å². The first-order valence-electron chi connectivity index (χ1n) is 10.8. The number of piperazine rings is 1. The fourth-order valence-electron chi connectivity index (χ4n) is 4.55. The Bertz CT molecular complexity index is 917. The van der Waals surface area contributed by atoms with E-state index < -0.39 is 0 Å². The molecule has 156 valence electrons. The van der Waals surface area contributed by atoms with Crippen molar-refractivity contribution in [1.29, 1.82) is 0 Å². The molecule has 2 aliphatic heterocycles. The highest BCUT2D eigenvalue weighted by atomic mass is 16.5. The Morgan fingerprint density at radius 2 is 1.67 bits per heavy atom. The molecule has 0 saturated carbocycles. The first-order valence-corrected chi connectivity index (χ1v) is 10.8. The normalized spacial score (nSPS) is 21.1. The monoisotopic (exact) mass is 404 g/mol. The fraction of sp³-hybridized carbons (Fsp3) is 0.435. The van der Waals surface area contributed by atoms with Crippen LogP contribution in [0.15, 0.2) is 60.7 Å². The largest absolute Gasteiger partial charge is 0.376 e. The maximum atomic E-state index is 5.84. The van der Waals surface area contributed by atoms with Crippen LogP contribution < -0.4 is 4.90 Å². The van der Waals surface area contributed by atoms with Crippen LogP contribution in [-0.4, -0.2) is 64.0 Å². The van der Waals surface area contributed by atoms with Crippen LogP contribution in [0.1, 0.15) is 30.3 Å². The van der Waals surface area contributed by atoms with Crippen molar-refractivity contribution in [1.82, 2.24) is 25.1 Å². The first-order chi connectivity index (χ1) is 14.9. The van der Waals surface area contributed by atoms with E-state index >= 15 is 0 Å².